The van der Waals surface area contributed by atoms with Crippen molar-refractivity contribution in [3.8, 4) is 0 Å². The van der Waals surface area contributed by atoms with Gasteiger partial charge in [-0.1, -0.05) is 13.3 Å². The first-order valence-corrected chi connectivity index (χ1v) is 7.39. The molecule has 1 rings (SSSR count). The quantitative estimate of drug-likeness (QED) is 0.847. The Kier molecular flexibility index (Phi) is 4.86. The van der Waals surface area contributed by atoms with Gasteiger partial charge in [0.1, 0.15) is 16.4 Å². The van der Waals surface area contributed by atoms with Crippen LogP contribution in [0, 0.1) is 11.6 Å². The van der Waals surface area contributed by atoms with Gasteiger partial charge in [-0.2, -0.15) is 4.31 Å². The van der Waals surface area contributed by atoms with Crippen LogP contribution in [-0.4, -0.2) is 25.8 Å². The van der Waals surface area contributed by atoms with Crippen LogP contribution in [0.4, 0.5) is 14.5 Å². The van der Waals surface area contributed by atoms with E-state index in [9.17, 15) is 17.2 Å². The number of rotatable bonds is 5. The molecule has 1 atom stereocenters. The lowest BCUT2D eigenvalue weighted by Crippen LogP contribution is -2.35. The molecule has 0 aliphatic carbocycles. The molecule has 0 fully saturated rings. The van der Waals surface area contributed by atoms with Gasteiger partial charge in [0.15, 0.2) is 5.82 Å². The third-order valence-corrected chi connectivity index (χ3v) is 5.06. The molecule has 0 saturated heterocycles. The van der Waals surface area contributed by atoms with Crippen LogP contribution in [0.15, 0.2) is 17.0 Å². The first-order valence-electron chi connectivity index (χ1n) is 5.95. The number of hydrogen-bond donors (Lipinski definition) is 1. The minimum absolute atomic E-state index is 0.277. The molecule has 0 spiro atoms. The van der Waals surface area contributed by atoms with Crippen LogP contribution in [0.2, 0.25) is 0 Å². The Labute approximate surface area is 112 Å². The molecule has 7 heteroatoms. The number of nitrogens with zero attached hydrogens (tertiary/aromatic N) is 1. The van der Waals surface area contributed by atoms with Crippen molar-refractivity contribution in [3.63, 3.8) is 0 Å². The average Bonchev–Trinajstić information content (AvgIpc) is 2.35. The molecule has 0 aliphatic rings. The molecular weight excluding hydrogens is 274 g/mol. The lowest BCUT2D eigenvalue weighted by Gasteiger charge is -2.24. The van der Waals surface area contributed by atoms with Crippen molar-refractivity contribution in [2.45, 2.75) is 37.6 Å². The summed E-state index contributed by atoms with van der Waals surface area (Å²) in [4.78, 5) is -0.600. The number of nitrogens with two attached hydrogens (primary N) is 1. The normalized spacial score (nSPS) is 13.8. The van der Waals surface area contributed by atoms with E-state index in [1.165, 1.54) is 7.05 Å². The van der Waals surface area contributed by atoms with E-state index >= 15 is 0 Å². The van der Waals surface area contributed by atoms with Crippen molar-refractivity contribution >= 4 is 15.7 Å². The molecule has 0 saturated carbocycles. The Morgan fingerprint density at radius 3 is 2.47 bits per heavy atom. The Morgan fingerprint density at radius 2 is 1.95 bits per heavy atom. The molecule has 1 unspecified atom stereocenters. The summed E-state index contributed by atoms with van der Waals surface area (Å²) >= 11 is 0. The molecule has 0 aliphatic heterocycles. The Hall–Kier alpha value is -1.21. The van der Waals surface area contributed by atoms with Crippen molar-refractivity contribution < 1.29 is 17.2 Å². The van der Waals surface area contributed by atoms with Gasteiger partial charge in [-0.15, -0.1) is 0 Å². The molecule has 2 N–H and O–H groups in total. The Morgan fingerprint density at radius 1 is 1.37 bits per heavy atom. The van der Waals surface area contributed by atoms with Gasteiger partial charge in [-0.3, -0.25) is 0 Å². The molecule has 0 bridgehead atoms. The highest BCUT2D eigenvalue weighted by Gasteiger charge is 2.29. The van der Waals surface area contributed by atoms with E-state index in [4.69, 9.17) is 5.73 Å². The van der Waals surface area contributed by atoms with E-state index in [0.29, 0.717) is 6.42 Å². The number of hydrogen-bond acceptors (Lipinski definition) is 3. The van der Waals surface area contributed by atoms with Crippen molar-refractivity contribution in [1.82, 2.24) is 4.31 Å². The number of sulfonamides is 1. The molecule has 0 amide bonds. The van der Waals surface area contributed by atoms with Gasteiger partial charge < -0.3 is 5.73 Å². The van der Waals surface area contributed by atoms with Crippen molar-refractivity contribution in [3.05, 3.63) is 23.8 Å². The second kappa shape index (κ2) is 5.83. The third kappa shape index (κ3) is 3.03. The van der Waals surface area contributed by atoms with Crippen molar-refractivity contribution in [2.24, 2.45) is 0 Å². The summed E-state index contributed by atoms with van der Waals surface area (Å²) in [5.74, 6) is -2.21. The molecule has 0 heterocycles. The number of benzene rings is 1. The SMILES string of the molecule is CCCC(C)N(C)S(=O)(=O)c1ccc(F)c(N)c1F. The molecule has 0 radical (unpaired) electrons. The van der Waals surface area contributed by atoms with E-state index in [0.717, 1.165) is 22.9 Å². The van der Waals surface area contributed by atoms with Crippen LogP contribution in [0.1, 0.15) is 26.7 Å². The number of anilines is 1. The monoisotopic (exact) mass is 292 g/mol. The highest BCUT2D eigenvalue weighted by molar-refractivity contribution is 7.89. The molecule has 0 aromatic heterocycles. The maximum atomic E-state index is 13.8. The molecule has 4 nitrogen and oxygen atoms in total. The Bertz CT molecular complexity index is 561. The summed E-state index contributed by atoms with van der Waals surface area (Å²) < 4.78 is 52.4. The van der Waals surface area contributed by atoms with Crippen molar-refractivity contribution in [1.29, 1.82) is 0 Å². The van der Waals surface area contributed by atoms with Gasteiger partial charge in [0.2, 0.25) is 10.0 Å². The zero-order valence-corrected chi connectivity index (χ0v) is 12.0. The largest absolute Gasteiger partial charge is 0.394 e. The fraction of sp³-hybridized carbons (Fsp3) is 0.500. The number of halogens is 2. The lowest BCUT2D eigenvalue weighted by atomic mass is 10.2. The smallest absolute Gasteiger partial charge is 0.246 e. The summed E-state index contributed by atoms with van der Waals surface area (Å²) in [5.41, 5.74) is 4.40. The maximum absolute atomic E-state index is 13.8. The first-order chi connectivity index (χ1) is 8.73. The highest BCUT2D eigenvalue weighted by Crippen LogP contribution is 2.26. The minimum atomic E-state index is -4.02. The van der Waals surface area contributed by atoms with Gasteiger partial charge in [-0.05, 0) is 25.5 Å². The average molecular weight is 292 g/mol. The molecule has 1 aromatic carbocycles. The van der Waals surface area contributed by atoms with Crippen LogP contribution in [0.25, 0.3) is 0 Å². The van der Waals surface area contributed by atoms with Gasteiger partial charge >= 0.3 is 0 Å². The van der Waals surface area contributed by atoms with Gasteiger partial charge in [0.25, 0.3) is 0 Å². The molecule has 1 aromatic rings. The highest BCUT2D eigenvalue weighted by atomic mass is 32.2. The molecular formula is C12H18F2N2O2S. The summed E-state index contributed by atoms with van der Waals surface area (Å²) in [5, 5.41) is 0. The van der Waals surface area contributed by atoms with Gasteiger partial charge in [-0.25, -0.2) is 17.2 Å². The van der Waals surface area contributed by atoms with Gasteiger partial charge in [0.05, 0.1) is 0 Å². The van der Waals surface area contributed by atoms with Gasteiger partial charge in [0, 0.05) is 13.1 Å². The predicted octanol–water partition coefficient (Wildman–Crippen LogP) is 2.36. The summed E-state index contributed by atoms with van der Waals surface area (Å²) in [7, 11) is -2.65. The Balaban J connectivity index is 3.25. The standard InChI is InChI=1S/C12H18F2N2O2S/c1-4-5-8(2)16(3)19(17,18)10-7-6-9(13)12(15)11(10)14/h6-8H,4-5,15H2,1-3H3. The van der Waals surface area contributed by atoms with Crippen LogP contribution >= 0.6 is 0 Å². The number of nitrogen functional groups attached to an aromatic ring is 1. The molecule has 19 heavy (non-hydrogen) atoms. The fourth-order valence-corrected chi connectivity index (χ4v) is 3.21. The van der Waals surface area contributed by atoms with E-state index in [1.807, 2.05) is 6.92 Å². The zero-order valence-electron chi connectivity index (χ0n) is 11.2. The predicted molar refractivity (Wildman–Crippen MR) is 70.1 cm³/mol. The lowest BCUT2D eigenvalue weighted by molar-refractivity contribution is 0.366. The van der Waals surface area contributed by atoms with E-state index in [-0.39, 0.29) is 6.04 Å². The van der Waals surface area contributed by atoms with Crippen LogP contribution in [0.3, 0.4) is 0 Å². The second-order valence-electron chi connectivity index (χ2n) is 4.43. The van der Waals surface area contributed by atoms with E-state index in [1.54, 1.807) is 6.92 Å². The molecule has 108 valence electrons. The fourth-order valence-electron chi connectivity index (χ4n) is 1.74. The third-order valence-electron chi connectivity index (χ3n) is 3.08. The van der Waals surface area contributed by atoms with Crippen LogP contribution < -0.4 is 5.73 Å². The van der Waals surface area contributed by atoms with E-state index < -0.39 is 32.2 Å². The van der Waals surface area contributed by atoms with E-state index in [2.05, 4.69) is 0 Å². The summed E-state index contributed by atoms with van der Waals surface area (Å²) in [6.07, 6.45) is 1.45. The summed E-state index contributed by atoms with van der Waals surface area (Å²) in [6, 6.07) is 1.47. The van der Waals surface area contributed by atoms with Crippen LogP contribution in [0.5, 0.6) is 0 Å². The van der Waals surface area contributed by atoms with Crippen LogP contribution in [-0.2, 0) is 10.0 Å². The van der Waals surface area contributed by atoms with Crippen molar-refractivity contribution in [2.75, 3.05) is 12.8 Å². The zero-order chi connectivity index (χ0) is 14.8. The summed E-state index contributed by atoms with van der Waals surface area (Å²) in [6.45, 7) is 3.65. The minimum Gasteiger partial charge on any atom is -0.394 e. The first kappa shape index (κ1) is 15.8. The maximum Gasteiger partial charge on any atom is 0.246 e. The second-order valence-corrected chi connectivity index (χ2v) is 6.40. The topological polar surface area (TPSA) is 63.4 Å².